The minimum absolute atomic E-state index is 0.0315. The number of carbonyl (C=O) groups excluding carboxylic acids is 3. The fraction of sp³-hybridized carbons (Fsp3) is 0.542. The summed E-state index contributed by atoms with van der Waals surface area (Å²) in [4.78, 5) is 44.3. The number of hydrogen-bond donors (Lipinski definition) is 2. The third kappa shape index (κ3) is 6.02. The van der Waals surface area contributed by atoms with E-state index in [4.69, 9.17) is 27.9 Å². The van der Waals surface area contributed by atoms with Crippen LogP contribution in [0.25, 0.3) is 0 Å². The lowest BCUT2D eigenvalue weighted by atomic mass is 9.94. The van der Waals surface area contributed by atoms with Crippen molar-refractivity contribution in [3.63, 3.8) is 0 Å². The number of rotatable bonds is 7. The van der Waals surface area contributed by atoms with Gasteiger partial charge in [-0.15, -0.1) is 0 Å². The van der Waals surface area contributed by atoms with Crippen molar-refractivity contribution in [2.24, 2.45) is 0 Å². The zero-order valence-corrected chi connectivity index (χ0v) is 22.1. The van der Waals surface area contributed by atoms with Gasteiger partial charge in [0.2, 0.25) is 0 Å². The summed E-state index contributed by atoms with van der Waals surface area (Å²) in [6.07, 6.45) is 0. The lowest BCUT2D eigenvalue weighted by Crippen LogP contribution is -2.58. The average Bonchev–Trinajstić information content (AvgIpc) is 2.79. The van der Waals surface area contributed by atoms with Crippen LogP contribution >= 0.6 is 23.2 Å². The monoisotopic (exact) mass is 525 g/mol. The topological polar surface area (TPSA) is 94.2 Å². The highest BCUT2D eigenvalue weighted by atomic mass is 35.5. The molecule has 0 bridgehead atoms. The van der Waals surface area contributed by atoms with Crippen molar-refractivity contribution in [1.82, 2.24) is 25.3 Å². The highest BCUT2D eigenvalue weighted by molar-refractivity contribution is 6.35. The first-order chi connectivity index (χ1) is 16.7. The first-order valence-electron chi connectivity index (χ1n) is 11.9. The van der Waals surface area contributed by atoms with Crippen LogP contribution in [0.3, 0.4) is 0 Å². The number of likely N-dealkylation sites (N-methyl/N-ethyl adjacent to an activating group) is 1. The Labute approximate surface area is 216 Å². The minimum atomic E-state index is -0.779. The number of nitrogens with one attached hydrogen (secondary N) is 2. The normalized spacial score (nSPS) is 21.1. The molecule has 0 spiro atoms. The Morgan fingerprint density at radius 3 is 2.54 bits per heavy atom. The van der Waals surface area contributed by atoms with Crippen LogP contribution in [0.15, 0.2) is 29.5 Å². The highest BCUT2D eigenvalue weighted by Crippen LogP contribution is 2.36. The van der Waals surface area contributed by atoms with Crippen LogP contribution in [0.5, 0.6) is 0 Å². The maximum atomic E-state index is 13.3. The van der Waals surface area contributed by atoms with E-state index in [-0.39, 0.29) is 24.7 Å². The number of esters is 1. The van der Waals surface area contributed by atoms with Gasteiger partial charge in [-0.3, -0.25) is 9.80 Å². The van der Waals surface area contributed by atoms with Gasteiger partial charge in [-0.1, -0.05) is 29.3 Å². The van der Waals surface area contributed by atoms with Gasteiger partial charge in [-0.05, 0) is 45.4 Å². The molecule has 2 atom stereocenters. The second kappa shape index (κ2) is 12.0. The predicted octanol–water partition coefficient (Wildman–Crippen LogP) is 3.63. The van der Waals surface area contributed by atoms with Crippen LogP contribution < -0.4 is 10.6 Å². The van der Waals surface area contributed by atoms with E-state index in [1.54, 1.807) is 30.0 Å². The molecule has 1 aromatic carbocycles. The van der Waals surface area contributed by atoms with Crippen molar-refractivity contribution in [3.05, 3.63) is 45.1 Å². The number of amides is 4. The van der Waals surface area contributed by atoms with Gasteiger partial charge in [0, 0.05) is 61.1 Å². The first-order valence-corrected chi connectivity index (χ1v) is 12.7. The molecular formula is C24H33Cl2N5O4. The Morgan fingerprint density at radius 1 is 1.20 bits per heavy atom. The van der Waals surface area contributed by atoms with Crippen molar-refractivity contribution in [2.45, 2.75) is 39.8 Å². The molecule has 1 fully saturated rings. The Hall–Kier alpha value is -2.49. The largest absolute Gasteiger partial charge is 0.463 e. The SMILES string of the molecule is CCNC(=O)N1CCN(CC2=C(C(=O)OCC)[C@H](c3ccc(Cl)cc3Cl)NC(=O)N2CC)C[C@H]1C. The molecule has 0 saturated carbocycles. The van der Waals surface area contributed by atoms with Gasteiger partial charge >= 0.3 is 18.0 Å². The molecule has 0 aromatic heterocycles. The van der Waals surface area contributed by atoms with Crippen LogP contribution in [0, 0.1) is 0 Å². The lowest BCUT2D eigenvalue weighted by molar-refractivity contribution is -0.139. The standard InChI is InChI=1S/C24H33Cl2N5O4/c1-5-27-23(33)31-11-10-29(13-15(31)4)14-19-20(22(32)35-7-3)21(28-24(34)30(19)6-2)17-9-8-16(25)12-18(17)26/h8-9,12,15,21H,5-7,10-11,13-14H2,1-4H3,(H,27,33)(H,28,34)/t15-,21+/m1/s1. The second-order valence-corrected chi connectivity index (χ2v) is 9.33. The Balaban J connectivity index is 1.99. The molecule has 1 saturated heterocycles. The third-order valence-electron chi connectivity index (χ3n) is 6.20. The Bertz CT molecular complexity index is 1000. The summed E-state index contributed by atoms with van der Waals surface area (Å²) in [5.41, 5.74) is 1.48. The quantitative estimate of drug-likeness (QED) is 0.530. The van der Waals surface area contributed by atoms with E-state index in [2.05, 4.69) is 15.5 Å². The van der Waals surface area contributed by atoms with Gasteiger partial charge in [0.15, 0.2) is 0 Å². The highest BCUT2D eigenvalue weighted by Gasteiger charge is 2.40. The van der Waals surface area contributed by atoms with Gasteiger partial charge in [0.25, 0.3) is 0 Å². The Kier molecular flexibility index (Phi) is 9.27. The van der Waals surface area contributed by atoms with E-state index in [9.17, 15) is 14.4 Å². The fourth-order valence-corrected chi connectivity index (χ4v) is 5.09. The number of carbonyl (C=O) groups is 3. The molecule has 0 radical (unpaired) electrons. The molecule has 2 aliphatic rings. The van der Waals surface area contributed by atoms with E-state index in [1.807, 2.05) is 25.7 Å². The number of benzene rings is 1. The van der Waals surface area contributed by atoms with Crippen molar-refractivity contribution < 1.29 is 19.1 Å². The summed E-state index contributed by atoms with van der Waals surface area (Å²) in [5, 5.41) is 6.57. The summed E-state index contributed by atoms with van der Waals surface area (Å²) in [7, 11) is 0. The van der Waals surface area contributed by atoms with Gasteiger partial charge in [0.05, 0.1) is 18.2 Å². The first kappa shape index (κ1) is 27.1. The van der Waals surface area contributed by atoms with E-state index in [0.29, 0.717) is 66.1 Å². The molecule has 1 aromatic rings. The molecule has 0 aliphatic carbocycles. The summed E-state index contributed by atoms with van der Waals surface area (Å²) in [5.74, 6) is -0.508. The van der Waals surface area contributed by atoms with E-state index in [0.717, 1.165) is 0 Å². The predicted molar refractivity (Wildman–Crippen MR) is 135 cm³/mol. The van der Waals surface area contributed by atoms with Crippen LogP contribution in [0.4, 0.5) is 9.59 Å². The van der Waals surface area contributed by atoms with E-state index in [1.165, 1.54) is 0 Å². The summed E-state index contributed by atoms with van der Waals surface area (Å²) in [6.45, 7) is 10.7. The average molecular weight is 526 g/mol. The molecule has 192 valence electrons. The van der Waals surface area contributed by atoms with Crippen molar-refractivity contribution in [3.8, 4) is 0 Å². The van der Waals surface area contributed by atoms with Crippen LogP contribution in [-0.4, -0.2) is 84.6 Å². The summed E-state index contributed by atoms with van der Waals surface area (Å²) < 4.78 is 5.42. The Morgan fingerprint density at radius 2 is 1.94 bits per heavy atom. The molecule has 0 unspecified atom stereocenters. The zero-order chi connectivity index (χ0) is 25.7. The van der Waals surface area contributed by atoms with Gasteiger partial charge in [-0.25, -0.2) is 14.4 Å². The van der Waals surface area contributed by atoms with E-state index < -0.39 is 12.0 Å². The molecule has 2 aliphatic heterocycles. The third-order valence-corrected chi connectivity index (χ3v) is 6.76. The summed E-state index contributed by atoms with van der Waals surface area (Å²) >= 11 is 12.6. The van der Waals surface area contributed by atoms with Gasteiger partial charge in [-0.2, -0.15) is 0 Å². The molecule has 2 heterocycles. The number of nitrogens with zero attached hydrogens (tertiary/aromatic N) is 3. The van der Waals surface area contributed by atoms with Gasteiger partial charge in [0.1, 0.15) is 0 Å². The zero-order valence-electron chi connectivity index (χ0n) is 20.6. The number of piperazine rings is 1. The van der Waals surface area contributed by atoms with Crippen molar-refractivity contribution in [2.75, 3.05) is 45.9 Å². The molecular weight excluding hydrogens is 493 g/mol. The molecule has 35 heavy (non-hydrogen) atoms. The molecule has 9 nitrogen and oxygen atoms in total. The minimum Gasteiger partial charge on any atom is -0.463 e. The number of urea groups is 2. The van der Waals surface area contributed by atoms with Crippen LogP contribution in [-0.2, 0) is 9.53 Å². The van der Waals surface area contributed by atoms with Crippen molar-refractivity contribution >= 4 is 41.2 Å². The van der Waals surface area contributed by atoms with Gasteiger partial charge < -0.3 is 20.3 Å². The number of hydrogen-bond acceptors (Lipinski definition) is 5. The number of ether oxygens (including phenoxy) is 1. The summed E-state index contributed by atoms with van der Waals surface area (Å²) in [6, 6.07) is 3.75. The molecule has 3 rings (SSSR count). The second-order valence-electron chi connectivity index (χ2n) is 8.49. The maximum Gasteiger partial charge on any atom is 0.338 e. The molecule has 4 amide bonds. The van der Waals surface area contributed by atoms with Crippen LogP contribution in [0.1, 0.15) is 39.3 Å². The van der Waals surface area contributed by atoms with E-state index >= 15 is 0 Å². The molecule has 11 heteroatoms. The fourth-order valence-electron chi connectivity index (χ4n) is 4.57. The number of halogens is 2. The molecule has 2 N–H and O–H groups in total. The lowest BCUT2D eigenvalue weighted by Gasteiger charge is -2.42. The maximum absolute atomic E-state index is 13.3. The van der Waals surface area contributed by atoms with Crippen molar-refractivity contribution in [1.29, 1.82) is 0 Å². The smallest absolute Gasteiger partial charge is 0.338 e. The van der Waals surface area contributed by atoms with Crippen LogP contribution in [0.2, 0.25) is 10.0 Å².